The van der Waals surface area contributed by atoms with Crippen LogP contribution in [-0.2, 0) is 18.4 Å². The van der Waals surface area contributed by atoms with Gasteiger partial charge in [0.1, 0.15) is 13.2 Å². The zero-order valence-corrected chi connectivity index (χ0v) is 53.9. The van der Waals surface area contributed by atoms with E-state index in [0.29, 0.717) is 17.4 Å². The summed E-state index contributed by atoms with van der Waals surface area (Å²) >= 11 is 0. The molecule has 0 fully saturated rings. The molecular weight excluding hydrogens is 1020 g/mol. The molecule has 3 atom stereocenters. The summed E-state index contributed by atoms with van der Waals surface area (Å²) in [5, 5.41) is 13.9. The maximum Gasteiger partial charge on any atom is 0.472 e. The van der Waals surface area contributed by atoms with Gasteiger partial charge in [0.15, 0.2) is 0 Å². The van der Waals surface area contributed by atoms with Gasteiger partial charge in [0, 0.05) is 6.42 Å². The van der Waals surface area contributed by atoms with Crippen LogP contribution in [0.15, 0.2) is 134 Å². The number of phosphoric acid groups is 1. The number of allylic oxidation sites excluding steroid dienone is 21. The lowest BCUT2D eigenvalue weighted by molar-refractivity contribution is -0.870. The summed E-state index contributed by atoms with van der Waals surface area (Å²) in [4.78, 5) is 23.3. The normalized spacial score (nSPS) is 14.6. The lowest BCUT2D eigenvalue weighted by atomic mass is 10.0. The number of carbonyl (C=O) groups excluding carboxylic acids is 1. The number of unbranched alkanes of at least 4 members (excludes halogenated alkanes) is 26. The van der Waals surface area contributed by atoms with Gasteiger partial charge in [-0.3, -0.25) is 13.8 Å². The topological polar surface area (TPSA) is 105 Å². The number of nitrogens with zero attached hydrogens (tertiary/aromatic N) is 1. The number of hydrogen-bond donors (Lipinski definition) is 3. The van der Waals surface area contributed by atoms with Gasteiger partial charge >= 0.3 is 7.82 Å². The highest BCUT2D eigenvalue weighted by Gasteiger charge is 2.27. The minimum absolute atomic E-state index is 0.0370. The third-order valence-corrected chi connectivity index (χ3v) is 15.1. The van der Waals surface area contributed by atoms with Crippen molar-refractivity contribution in [3.05, 3.63) is 134 Å². The van der Waals surface area contributed by atoms with Crippen molar-refractivity contribution < 1.29 is 32.9 Å². The first kappa shape index (κ1) is 77.6. The van der Waals surface area contributed by atoms with Crippen LogP contribution in [0.1, 0.15) is 264 Å². The highest BCUT2D eigenvalue weighted by Crippen LogP contribution is 2.43. The predicted octanol–water partition coefficient (Wildman–Crippen LogP) is 21.0. The quantitative estimate of drug-likeness (QED) is 0.0243. The number of nitrogens with one attached hydrogen (secondary N) is 1. The molecule has 0 aliphatic rings. The van der Waals surface area contributed by atoms with Crippen LogP contribution < -0.4 is 5.32 Å². The summed E-state index contributed by atoms with van der Waals surface area (Å²) in [7, 11) is 1.50. The molecule has 0 aromatic carbocycles. The van der Waals surface area contributed by atoms with Gasteiger partial charge in [-0.25, -0.2) is 4.57 Å². The van der Waals surface area contributed by atoms with E-state index in [2.05, 4.69) is 141 Å². The molecule has 464 valence electrons. The van der Waals surface area contributed by atoms with Crippen molar-refractivity contribution in [2.24, 2.45) is 0 Å². The number of likely N-dealkylation sites (N-methyl/N-ethyl adjacent to an activating group) is 1. The Balaban J connectivity index is 4.30. The molecule has 81 heavy (non-hydrogen) atoms. The molecule has 3 N–H and O–H groups in total. The van der Waals surface area contributed by atoms with Crippen LogP contribution in [0, 0.1) is 0 Å². The fourth-order valence-corrected chi connectivity index (χ4v) is 9.71. The van der Waals surface area contributed by atoms with Gasteiger partial charge in [-0.15, -0.1) is 0 Å². The van der Waals surface area contributed by atoms with Gasteiger partial charge in [0.25, 0.3) is 0 Å². The van der Waals surface area contributed by atoms with E-state index in [9.17, 15) is 19.4 Å². The largest absolute Gasteiger partial charge is 0.472 e. The van der Waals surface area contributed by atoms with E-state index in [0.717, 1.165) is 89.9 Å². The van der Waals surface area contributed by atoms with Crippen molar-refractivity contribution in [1.82, 2.24) is 5.32 Å². The maximum atomic E-state index is 13.0. The molecule has 0 rings (SSSR count). The SMILES string of the molecule is CC/C=C\C/C=C\C/C=C\C/C=C\C/C=C\C/C=C\C/C=C\C/C=C\CCCCC(=O)NC(COP(=O)(O)OCC[N+](C)(C)C)C(O)/C=C/CC/C=C/CC/C=C/CCCCCCCCCCCCCCCCCCCCCCCC. The number of aliphatic hydroxyl groups is 1. The van der Waals surface area contributed by atoms with Crippen molar-refractivity contribution >= 4 is 13.7 Å². The van der Waals surface area contributed by atoms with Crippen LogP contribution in [-0.4, -0.2) is 73.4 Å². The molecule has 3 unspecified atom stereocenters. The molecule has 0 spiro atoms. The second kappa shape index (κ2) is 61.2. The second-order valence-electron chi connectivity index (χ2n) is 23.1. The Morgan fingerprint density at radius 2 is 0.753 bits per heavy atom. The number of hydrogen-bond acceptors (Lipinski definition) is 5. The molecule has 1 amide bonds. The Bertz CT molecular complexity index is 1780. The Morgan fingerprint density at radius 1 is 0.432 bits per heavy atom. The summed E-state index contributed by atoms with van der Waals surface area (Å²) < 4.78 is 23.7. The number of aliphatic hydroxyl groups excluding tert-OH is 1. The molecule has 0 bridgehead atoms. The molecule has 0 aromatic rings. The van der Waals surface area contributed by atoms with Crippen LogP contribution >= 0.6 is 7.82 Å². The Kier molecular flexibility index (Phi) is 58.7. The standard InChI is InChI=1S/C72H125N2O6P/c1-6-8-10-12-14-16-18-20-22-24-26-28-30-32-34-35-36-37-38-40-41-43-45-47-49-51-53-55-57-59-61-63-65-71(75)70(69-80-81(77,78)79-68-67-74(3,4)5)73-72(76)66-64-62-60-58-56-54-52-50-48-46-44-42-39-33-31-29-27-25-23-21-19-17-15-13-11-9-7-2/h9,11,15,17,21,23,27,29,33,39,44,46-47,49-50,52,55-58,63,65,70-71,75H,6-8,10,12-14,16,18-20,22,24-26,28,30-32,34-38,40-43,45,48,51,53-54,59-62,64,66-69H2,1-5H3,(H-,73,76,77,78)/p+1/b11-9-,17-15-,23-21-,29-27-,39-33-,46-44-,49-47+,52-50-,57-55+,58-56-,65-63+. The van der Waals surface area contributed by atoms with Crippen LogP contribution in [0.25, 0.3) is 0 Å². The van der Waals surface area contributed by atoms with Crippen molar-refractivity contribution in [3.8, 4) is 0 Å². The zero-order chi connectivity index (χ0) is 59.1. The zero-order valence-electron chi connectivity index (χ0n) is 53.0. The van der Waals surface area contributed by atoms with Crippen molar-refractivity contribution in [1.29, 1.82) is 0 Å². The van der Waals surface area contributed by atoms with Gasteiger partial charge in [-0.2, -0.15) is 0 Å². The lowest BCUT2D eigenvalue weighted by Gasteiger charge is -2.25. The third kappa shape index (κ3) is 64.1. The van der Waals surface area contributed by atoms with Gasteiger partial charge in [-0.05, 0) is 109 Å². The Morgan fingerprint density at radius 3 is 1.14 bits per heavy atom. The first-order chi connectivity index (χ1) is 39.5. The van der Waals surface area contributed by atoms with Gasteiger partial charge in [0.05, 0.1) is 39.9 Å². The molecule has 0 saturated carbocycles. The average Bonchev–Trinajstić information content (AvgIpc) is 3.43. The van der Waals surface area contributed by atoms with Gasteiger partial charge in [0.2, 0.25) is 5.91 Å². The van der Waals surface area contributed by atoms with Crippen LogP contribution in [0.5, 0.6) is 0 Å². The van der Waals surface area contributed by atoms with Crippen molar-refractivity contribution in [2.75, 3.05) is 40.9 Å². The van der Waals surface area contributed by atoms with Crippen molar-refractivity contribution in [2.45, 2.75) is 276 Å². The summed E-state index contributed by atoms with van der Waals surface area (Å²) in [6.45, 7) is 4.64. The number of carbonyl (C=O) groups is 1. The molecule has 0 heterocycles. The van der Waals surface area contributed by atoms with Gasteiger partial charge in [-0.1, -0.05) is 282 Å². The van der Waals surface area contributed by atoms with Crippen molar-refractivity contribution in [3.63, 3.8) is 0 Å². The van der Waals surface area contributed by atoms with E-state index in [4.69, 9.17) is 9.05 Å². The van der Waals surface area contributed by atoms with E-state index >= 15 is 0 Å². The van der Waals surface area contributed by atoms with E-state index in [-0.39, 0.29) is 25.5 Å². The van der Waals surface area contributed by atoms with Crippen LogP contribution in [0.3, 0.4) is 0 Å². The summed E-state index contributed by atoms with van der Waals surface area (Å²) in [6.07, 6.45) is 93.2. The molecule has 0 saturated heterocycles. The molecule has 0 radical (unpaired) electrons. The molecule has 9 heteroatoms. The smallest absolute Gasteiger partial charge is 0.387 e. The predicted molar refractivity (Wildman–Crippen MR) is 355 cm³/mol. The summed E-state index contributed by atoms with van der Waals surface area (Å²) in [5.74, 6) is -0.237. The first-order valence-corrected chi connectivity index (χ1v) is 34.6. The number of amides is 1. The second-order valence-corrected chi connectivity index (χ2v) is 24.5. The fraction of sp³-hybridized carbons (Fsp3) is 0.681. The Labute approximate surface area is 500 Å². The third-order valence-electron chi connectivity index (χ3n) is 14.1. The van der Waals surface area contributed by atoms with E-state index in [1.165, 1.54) is 148 Å². The molecular formula is C72H126N2O6P+. The van der Waals surface area contributed by atoms with E-state index in [1.807, 2.05) is 27.2 Å². The highest BCUT2D eigenvalue weighted by molar-refractivity contribution is 7.47. The van der Waals surface area contributed by atoms with Gasteiger partial charge < -0.3 is 19.8 Å². The van der Waals surface area contributed by atoms with E-state index < -0.39 is 20.0 Å². The Hall–Kier alpha value is -3.36. The summed E-state index contributed by atoms with van der Waals surface area (Å²) in [6, 6.07) is -0.906. The summed E-state index contributed by atoms with van der Waals surface area (Å²) in [5.41, 5.74) is 0. The minimum Gasteiger partial charge on any atom is -0.387 e. The first-order valence-electron chi connectivity index (χ1n) is 33.1. The molecule has 8 nitrogen and oxygen atoms in total. The maximum absolute atomic E-state index is 13.0. The number of rotatable bonds is 59. The molecule has 0 aliphatic heterocycles. The monoisotopic (exact) mass is 1150 g/mol. The lowest BCUT2D eigenvalue weighted by Crippen LogP contribution is -2.45. The van der Waals surface area contributed by atoms with Crippen LogP contribution in [0.4, 0.5) is 0 Å². The highest BCUT2D eigenvalue weighted by atomic mass is 31.2. The number of quaternary nitrogens is 1. The van der Waals surface area contributed by atoms with E-state index in [1.54, 1.807) is 6.08 Å². The molecule has 0 aromatic heterocycles. The minimum atomic E-state index is -4.39. The number of phosphoric ester groups is 1. The fourth-order valence-electron chi connectivity index (χ4n) is 8.97. The van der Waals surface area contributed by atoms with Crippen LogP contribution in [0.2, 0.25) is 0 Å². The average molecular weight is 1150 g/mol. The molecule has 0 aliphatic carbocycles.